The first-order valence-corrected chi connectivity index (χ1v) is 8.75. The van der Waals surface area contributed by atoms with Gasteiger partial charge in [-0.15, -0.1) is 0 Å². The van der Waals surface area contributed by atoms with Crippen molar-refractivity contribution in [3.63, 3.8) is 0 Å². The number of piperidine rings is 1. The van der Waals surface area contributed by atoms with Crippen molar-refractivity contribution in [1.82, 2.24) is 10.2 Å². The summed E-state index contributed by atoms with van der Waals surface area (Å²) in [7, 11) is 0. The molecule has 7 nitrogen and oxygen atoms in total. The van der Waals surface area contributed by atoms with Gasteiger partial charge in [0.05, 0.1) is 5.92 Å². The largest absolute Gasteiger partial charge is 0.352 e. The molecule has 134 valence electrons. The topological polar surface area (TPSA) is 105 Å². The molecule has 1 saturated carbocycles. The third-order valence-corrected chi connectivity index (χ3v) is 4.69. The van der Waals surface area contributed by atoms with Crippen molar-refractivity contribution in [2.24, 2.45) is 17.6 Å². The standard InChI is InChI=1S/C18H24N4O3/c19-18(25)21-15-5-1-3-12(9-15)10-20-16(23)14-4-2-8-22(11-14)17(24)13-6-7-13/h1,3,5,9,13-14H,2,4,6-8,10-11H2,(H,20,23)(H3,19,21,25)/t14-/m0/s1. The first kappa shape index (κ1) is 17.3. The lowest BCUT2D eigenvalue weighted by atomic mass is 9.96. The van der Waals surface area contributed by atoms with Crippen LogP contribution in [0, 0.1) is 11.8 Å². The number of likely N-dealkylation sites (tertiary alicyclic amines) is 1. The van der Waals surface area contributed by atoms with Crippen molar-refractivity contribution in [3.8, 4) is 0 Å². The zero-order chi connectivity index (χ0) is 17.8. The molecule has 7 heteroatoms. The molecular weight excluding hydrogens is 320 g/mol. The minimum absolute atomic E-state index is 0.0263. The molecule has 3 rings (SSSR count). The Balaban J connectivity index is 1.51. The Labute approximate surface area is 146 Å². The summed E-state index contributed by atoms with van der Waals surface area (Å²) in [6.45, 7) is 1.66. The number of rotatable bonds is 5. The number of benzene rings is 1. The summed E-state index contributed by atoms with van der Waals surface area (Å²) in [4.78, 5) is 37.4. The molecule has 0 spiro atoms. The lowest BCUT2D eigenvalue weighted by molar-refractivity contribution is -0.136. The Morgan fingerprint density at radius 2 is 1.96 bits per heavy atom. The maximum atomic E-state index is 12.4. The summed E-state index contributed by atoms with van der Waals surface area (Å²) in [6.07, 6.45) is 3.65. The molecule has 25 heavy (non-hydrogen) atoms. The van der Waals surface area contributed by atoms with Gasteiger partial charge in [-0.1, -0.05) is 12.1 Å². The monoisotopic (exact) mass is 344 g/mol. The molecule has 1 saturated heterocycles. The Morgan fingerprint density at radius 1 is 1.16 bits per heavy atom. The van der Waals surface area contributed by atoms with Gasteiger partial charge in [0.25, 0.3) is 0 Å². The maximum Gasteiger partial charge on any atom is 0.316 e. The number of hydrogen-bond donors (Lipinski definition) is 3. The van der Waals surface area contributed by atoms with Crippen LogP contribution in [-0.2, 0) is 16.1 Å². The first-order chi connectivity index (χ1) is 12.0. The first-order valence-electron chi connectivity index (χ1n) is 8.75. The number of nitrogens with two attached hydrogens (primary N) is 1. The van der Waals surface area contributed by atoms with E-state index in [1.807, 2.05) is 11.0 Å². The van der Waals surface area contributed by atoms with Gasteiger partial charge in [-0.25, -0.2) is 4.79 Å². The van der Waals surface area contributed by atoms with Crippen LogP contribution >= 0.6 is 0 Å². The van der Waals surface area contributed by atoms with Crippen LogP contribution in [0.5, 0.6) is 0 Å². The van der Waals surface area contributed by atoms with Crippen LogP contribution in [0.1, 0.15) is 31.2 Å². The summed E-state index contributed by atoms with van der Waals surface area (Å²) in [6, 6.07) is 6.55. The second-order valence-corrected chi connectivity index (χ2v) is 6.81. The SMILES string of the molecule is NC(=O)Nc1cccc(CNC(=O)[C@H]2CCCN(C(=O)C3CC3)C2)c1. The van der Waals surface area contributed by atoms with Crippen LogP contribution in [0.4, 0.5) is 10.5 Å². The summed E-state index contributed by atoms with van der Waals surface area (Å²) in [5, 5.41) is 5.45. The van der Waals surface area contributed by atoms with Crippen LogP contribution < -0.4 is 16.4 Å². The van der Waals surface area contributed by atoms with E-state index >= 15 is 0 Å². The van der Waals surface area contributed by atoms with Crippen molar-refractivity contribution >= 4 is 23.5 Å². The summed E-state index contributed by atoms with van der Waals surface area (Å²) in [5.74, 6) is 0.231. The molecule has 4 N–H and O–H groups in total. The number of urea groups is 1. The zero-order valence-electron chi connectivity index (χ0n) is 14.2. The van der Waals surface area contributed by atoms with Gasteiger partial charge in [-0.2, -0.15) is 0 Å². The second-order valence-electron chi connectivity index (χ2n) is 6.81. The van der Waals surface area contributed by atoms with E-state index in [4.69, 9.17) is 5.73 Å². The van der Waals surface area contributed by atoms with Crippen LogP contribution in [-0.4, -0.2) is 35.8 Å². The Hall–Kier alpha value is -2.57. The van der Waals surface area contributed by atoms with Crippen LogP contribution in [0.15, 0.2) is 24.3 Å². The highest BCUT2D eigenvalue weighted by molar-refractivity contribution is 5.88. The molecule has 2 aliphatic rings. The highest BCUT2D eigenvalue weighted by Crippen LogP contribution is 2.32. The quantitative estimate of drug-likeness (QED) is 0.753. The van der Waals surface area contributed by atoms with E-state index in [1.165, 1.54) is 0 Å². The van der Waals surface area contributed by atoms with Gasteiger partial charge in [-0.05, 0) is 43.4 Å². The number of anilines is 1. The lowest BCUT2D eigenvalue weighted by Crippen LogP contribution is -2.45. The van der Waals surface area contributed by atoms with Crippen molar-refractivity contribution in [2.75, 3.05) is 18.4 Å². The number of primary amides is 1. The molecule has 1 atom stereocenters. The second kappa shape index (κ2) is 7.55. The van der Waals surface area contributed by atoms with E-state index < -0.39 is 6.03 Å². The fraction of sp³-hybridized carbons (Fsp3) is 0.500. The molecule has 1 aromatic rings. The zero-order valence-corrected chi connectivity index (χ0v) is 14.2. The molecule has 4 amide bonds. The molecule has 1 aliphatic heterocycles. The van der Waals surface area contributed by atoms with Gasteiger partial charge in [0.15, 0.2) is 0 Å². The average molecular weight is 344 g/mol. The van der Waals surface area contributed by atoms with E-state index in [0.717, 1.165) is 37.8 Å². The van der Waals surface area contributed by atoms with Gasteiger partial charge >= 0.3 is 6.03 Å². The minimum atomic E-state index is -0.621. The van der Waals surface area contributed by atoms with Gasteiger partial charge in [0.2, 0.25) is 11.8 Å². The molecule has 0 aromatic heterocycles. The van der Waals surface area contributed by atoms with Crippen molar-refractivity contribution < 1.29 is 14.4 Å². The summed E-state index contributed by atoms with van der Waals surface area (Å²) in [5.41, 5.74) is 6.58. The number of nitrogens with one attached hydrogen (secondary N) is 2. The lowest BCUT2D eigenvalue weighted by Gasteiger charge is -2.32. The Kier molecular flexibility index (Phi) is 5.21. The van der Waals surface area contributed by atoms with Gasteiger partial charge in [0.1, 0.15) is 0 Å². The van der Waals surface area contributed by atoms with Gasteiger partial charge in [-0.3, -0.25) is 9.59 Å². The van der Waals surface area contributed by atoms with E-state index in [9.17, 15) is 14.4 Å². The number of amides is 4. The maximum absolute atomic E-state index is 12.4. The van der Waals surface area contributed by atoms with Crippen molar-refractivity contribution in [3.05, 3.63) is 29.8 Å². The highest BCUT2D eigenvalue weighted by atomic mass is 16.2. The normalized spacial score (nSPS) is 20.0. The molecule has 1 heterocycles. The van der Waals surface area contributed by atoms with Crippen LogP contribution in [0.25, 0.3) is 0 Å². The van der Waals surface area contributed by atoms with Crippen molar-refractivity contribution in [1.29, 1.82) is 0 Å². The molecule has 1 aromatic carbocycles. The fourth-order valence-corrected chi connectivity index (χ4v) is 3.21. The molecule has 0 bridgehead atoms. The number of carbonyl (C=O) groups is 3. The fourth-order valence-electron chi connectivity index (χ4n) is 3.21. The number of nitrogens with zero attached hydrogens (tertiary/aromatic N) is 1. The van der Waals surface area contributed by atoms with E-state index in [-0.39, 0.29) is 23.7 Å². The molecule has 1 aliphatic carbocycles. The van der Waals surface area contributed by atoms with Gasteiger partial charge < -0.3 is 21.3 Å². The van der Waals surface area contributed by atoms with Crippen LogP contribution in [0.3, 0.4) is 0 Å². The van der Waals surface area contributed by atoms with E-state index in [0.29, 0.717) is 18.8 Å². The smallest absolute Gasteiger partial charge is 0.316 e. The summed E-state index contributed by atoms with van der Waals surface area (Å²) >= 11 is 0. The molecular formula is C18H24N4O3. The predicted molar refractivity (Wildman–Crippen MR) is 93.5 cm³/mol. The molecule has 0 radical (unpaired) electrons. The predicted octanol–water partition coefficient (Wildman–Crippen LogP) is 1.44. The average Bonchev–Trinajstić information content (AvgIpc) is 3.44. The number of hydrogen-bond acceptors (Lipinski definition) is 3. The molecule has 2 fully saturated rings. The number of carbonyl (C=O) groups excluding carboxylic acids is 3. The highest BCUT2D eigenvalue weighted by Gasteiger charge is 2.36. The van der Waals surface area contributed by atoms with E-state index in [2.05, 4.69) is 10.6 Å². The van der Waals surface area contributed by atoms with Crippen LogP contribution in [0.2, 0.25) is 0 Å². The molecule has 0 unspecified atom stereocenters. The van der Waals surface area contributed by atoms with E-state index in [1.54, 1.807) is 18.2 Å². The van der Waals surface area contributed by atoms with Crippen molar-refractivity contribution in [2.45, 2.75) is 32.2 Å². The minimum Gasteiger partial charge on any atom is -0.352 e. The van der Waals surface area contributed by atoms with Gasteiger partial charge in [0, 0.05) is 31.2 Å². The summed E-state index contributed by atoms with van der Waals surface area (Å²) < 4.78 is 0. The Bertz CT molecular complexity index is 672. The third-order valence-electron chi connectivity index (χ3n) is 4.69. The third kappa shape index (κ3) is 4.71. The Morgan fingerprint density at radius 3 is 2.68 bits per heavy atom.